The molecule has 0 aliphatic carbocycles. The van der Waals surface area contributed by atoms with Crippen LogP contribution < -0.4 is 10.6 Å². The van der Waals surface area contributed by atoms with E-state index in [1.54, 1.807) is 11.3 Å². The number of rotatable bonds is 5. The number of thiazole rings is 1. The molecule has 4 nitrogen and oxygen atoms in total. The number of hydrogen-bond acceptors (Lipinski definition) is 4. The van der Waals surface area contributed by atoms with Crippen molar-refractivity contribution < 1.29 is 0 Å². The minimum absolute atomic E-state index is 0.634. The van der Waals surface area contributed by atoms with E-state index < -0.39 is 0 Å². The summed E-state index contributed by atoms with van der Waals surface area (Å²) in [6.45, 7) is 3.61. The fourth-order valence-electron chi connectivity index (χ4n) is 2.66. The fourth-order valence-corrected chi connectivity index (χ4v) is 3.38. The lowest BCUT2D eigenvalue weighted by atomic mass is 10.1. The Morgan fingerprint density at radius 3 is 3.00 bits per heavy atom. The highest BCUT2D eigenvalue weighted by Gasteiger charge is 2.16. The summed E-state index contributed by atoms with van der Waals surface area (Å²) in [4.78, 5) is 8.00. The van der Waals surface area contributed by atoms with Gasteiger partial charge in [0.2, 0.25) is 0 Å². The normalized spacial score (nSPS) is 11.2. The highest BCUT2D eigenvalue weighted by Crippen LogP contribution is 2.25. The maximum Gasteiger partial charge on any atom is 0.195 e. The Morgan fingerprint density at radius 2 is 2.24 bits per heavy atom. The predicted molar refractivity (Wildman–Crippen MR) is 89.1 cm³/mol. The maximum absolute atomic E-state index is 5.76. The van der Waals surface area contributed by atoms with Gasteiger partial charge in [0.1, 0.15) is 0 Å². The second-order valence-corrected chi connectivity index (χ2v) is 6.19. The number of aryl methyl sites for hydroxylation is 1. The molecule has 0 aliphatic rings. The minimum atomic E-state index is 0.634. The van der Waals surface area contributed by atoms with E-state index in [9.17, 15) is 0 Å². The van der Waals surface area contributed by atoms with Crippen LogP contribution in [0.2, 0.25) is 0 Å². The molecular formula is C16H20N4S. The van der Waals surface area contributed by atoms with Crippen molar-refractivity contribution in [3.05, 3.63) is 52.7 Å². The molecule has 3 rings (SSSR count). The van der Waals surface area contributed by atoms with Crippen LogP contribution in [-0.2, 0) is 13.0 Å². The molecule has 110 valence electrons. The molecule has 1 aromatic carbocycles. The van der Waals surface area contributed by atoms with Gasteiger partial charge < -0.3 is 10.6 Å². The highest BCUT2D eigenvalue weighted by atomic mass is 32.1. The average molecular weight is 300 g/mol. The Balaban J connectivity index is 1.91. The van der Waals surface area contributed by atoms with Crippen LogP contribution in [0.4, 0.5) is 5.82 Å². The number of hydrogen-bond donors (Lipinski definition) is 1. The van der Waals surface area contributed by atoms with Gasteiger partial charge >= 0.3 is 0 Å². The summed E-state index contributed by atoms with van der Waals surface area (Å²) in [5.41, 5.74) is 9.55. The van der Waals surface area contributed by atoms with E-state index in [1.165, 1.54) is 16.8 Å². The zero-order valence-electron chi connectivity index (χ0n) is 12.4. The third-order valence-corrected chi connectivity index (χ3v) is 4.34. The lowest BCUT2D eigenvalue weighted by molar-refractivity contribution is 0.857. The summed E-state index contributed by atoms with van der Waals surface area (Å²) in [5, 5.41) is 2.06. The number of nitrogens with two attached hydrogens (primary N) is 1. The van der Waals surface area contributed by atoms with Crippen LogP contribution in [0.3, 0.4) is 0 Å². The topological polar surface area (TPSA) is 46.6 Å². The van der Waals surface area contributed by atoms with Crippen molar-refractivity contribution in [3.8, 4) is 0 Å². The molecule has 0 aliphatic heterocycles. The lowest BCUT2D eigenvalue weighted by Crippen LogP contribution is -2.19. The van der Waals surface area contributed by atoms with E-state index in [4.69, 9.17) is 10.7 Å². The van der Waals surface area contributed by atoms with Gasteiger partial charge in [0.15, 0.2) is 10.8 Å². The molecule has 3 aromatic rings. The van der Waals surface area contributed by atoms with Gasteiger partial charge in [-0.2, -0.15) is 0 Å². The number of nitrogens with zero attached hydrogens (tertiary/aromatic N) is 3. The number of aromatic nitrogens is 2. The van der Waals surface area contributed by atoms with Crippen LogP contribution in [0.15, 0.2) is 35.8 Å². The van der Waals surface area contributed by atoms with Gasteiger partial charge in [0, 0.05) is 31.6 Å². The molecule has 2 heterocycles. The monoisotopic (exact) mass is 300 g/mol. The molecule has 2 aromatic heterocycles. The van der Waals surface area contributed by atoms with Crippen molar-refractivity contribution in [2.45, 2.75) is 19.9 Å². The smallest absolute Gasteiger partial charge is 0.195 e. The Labute approximate surface area is 128 Å². The van der Waals surface area contributed by atoms with Gasteiger partial charge in [-0.25, -0.2) is 4.98 Å². The summed E-state index contributed by atoms with van der Waals surface area (Å²) in [6, 6.07) is 8.60. The van der Waals surface area contributed by atoms with Crippen molar-refractivity contribution >= 4 is 22.1 Å². The quantitative estimate of drug-likeness (QED) is 0.788. The Kier molecular flexibility index (Phi) is 3.94. The number of fused-ring (bicyclic) bond motifs is 1. The van der Waals surface area contributed by atoms with E-state index in [1.807, 2.05) is 0 Å². The lowest BCUT2D eigenvalue weighted by Gasteiger charge is -2.18. The Bertz CT molecular complexity index is 744. The summed E-state index contributed by atoms with van der Waals surface area (Å²) in [5.74, 6) is 1.04. The Morgan fingerprint density at radius 1 is 1.38 bits per heavy atom. The maximum atomic E-state index is 5.76. The first-order valence-corrected chi connectivity index (χ1v) is 7.98. The largest absolute Gasteiger partial charge is 0.354 e. The molecule has 0 radical (unpaired) electrons. The van der Waals surface area contributed by atoms with Crippen LogP contribution >= 0.6 is 11.3 Å². The van der Waals surface area contributed by atoms with Gasteiger partial charge in [0.25, 0.3) is 0 Å². The molecule has 0 saturated heterocycles. The molecule has 21 heavy (non-hydrogen) atoms. The van der Waals surface area contributed by atoms with Crippen LogP contribution in [0.1, 0.15) is 16.8 Å². The van der Waals surface area contributed by atoms with E-state index in [0.717, 1.165) is 23.7 Å². The molecule has 2 N–H and O–H groups in total. The molecule has 0 amide bonds. The van der Waals surface area contributed by atoms with E-state index in [2.05, 4.69) is 59.1 Å². The third kappa shape index (κ3) is 2.80. The van der Waals surface area contributed by atoms with Crippen LogP contribution in [0.25, 0.3) is 4.96 Å². The second-order valence-electron chi connectivity index (χ2n) is 5.32. The average Bonchev–Trinajstić information content (AvgIpc) is 3.01. The van der Waals surface area contributed by atoms with Crippen LogP contribution in [-0.4, -0.2) is 23.0 Å². The van der Waals surface area contributed by atoms with Gasteiger partial charge in [0.05, 0.1) is 5.69 Å². The van der Waals surface area contributed by atoms with Crippen molar-refractivity contribution in [1.82, 2.24) is 9.38 Å². The summed E-state index contributed by atoms with van der Waals surface area (Å²) < 4.78 is 2.15. The van der Waals surface area contributed by atoms with Crippen molar-refractivity contribution in [1.29, 1.82) is 0 Å². The van der Waals surface area contributed by atoms with Crippen molar-refractivity contribution in [2.75, 3.05) is 18.5 Å². The van der Waals surface area contributed by atoms with E-state index >= 15 is 0 Å². The molecule has 0 bridgehead atoms. The molecule has 0 unspecified atom stereocenters. The van der Waals surface area contributed by atoms with Crippen LogP contribution in [0.5, 0.6) is 0 Å². The molecule has 0 fully saturated rings. The Hall–Kier alpha value is -1.85. The molecular weight excluding hydrogens is 280 g/mol. The zero-order valence-corrected chi connectivity index (χ0v) is 13.2. The second kappa shape index (κ2) is 5.87. The number of benzene rings is 1. The van der Waals surface area contributed by atoms with Crippen molar-refractivity contribution in [3.63, 3.8) is 0 Å². The zero-order chi connectivity index (χ0) is 14.8. The van der Waals surface area contributed by atoms with E-state index in [0.29, 0.717) is 6.54 Å². The van der Waals surface area contributed by atoms with Crippen LogP contribution in [0, 0.1) is 6.92 Å². The summed E-state index contributed by atoms with van der Waals surface area (Å²) >= 11 is 1.66. The van der Waals surface area contributed by atoms with Crippen molar-refractivity contribution in [2.24, 2.45) is 5.73 Å². The minimum Gasteiger partial charge on any atom is -0.354 e. The first-order valence-electron chi connectivity index (χ1n) is 7.10. The standard InChI is InChI=1S/C16H20N4S/c1-12-4-3-5-13(10-12)11-19(2)15-14(6-7-17)20-8-9-21-16(20)18-15/h3-5,8-10H,6-7,11,17H2,1-2H3. The van der Waals surface area contributed by atoms with Gasteiger partial charge in [-0.1, -0.05) is 29.8 Å². The molecule has 5 heteroatoms. The number of anilines is 1. The third-order valence-electron chi connectivity index (χ3n) is 3.58. The first kappa shape index (κ1) is 14.1. The summed E-state index contributed by atoms with van der Waals surface area (Å²) in [6.07, 6.45) is 2.91. The molecule has 0 atom stereocenters. The van der Waals surface area contributed by atoms with Gasteiger partial charge in [-0.15, -0.1) is 11.3 Å². The predicted octanol–water partition coefficient (Wildman–Crippen LogP) is 2.84. The first-order chi connectivity index (χ1) is 10.2. The number of imidazole rings is 1. The van der Waals surface area contributed by atoms with E-state index in [-0.39, 0.29) is 0 Å². The summed E-state index contributed by atoms with van der Waals surface area (Å²) in [7, 11) is 2.09. The molecule has 0 saturated carbocycles. The molecule has 0 spiro atoms. The highest BCUT2D eigenvalue weighted by molar-refractivity contribution is 7.15. The van der Waals surface area contributed by atoms with Gasteiger partial charge in [-0.05, 0) is 19.0 Å². The van der Waals surface area contributed by atoms with Gasteiger partial charge in [-0.3, -0.25) is 4.40 Å². The fraction of sp³-hybridized carbons (Fsp3) is 0.312. The SMILES string of the molecule is Cc1cccc(CN(C)c2nc3sccn3c2CCN)c1.